The summed E-state index contributed by atoms with van der Waals surface area (Å²) in [4.78, 5) is 0. The van der Waals surface area contributed by atoms with Gasteiger partial charge >= 0.3 is 0 Å². The van der Waals surface area contributed by atoms with Crippen LogP contribution in [0, 0.1) is 0 Å². The molecule has 0 aliphatic rings. The standard InChI is InChI=1S/C21H18BrN/c1-2-5-15-8-11-17(12-9-15)23-20-7-4-3-6-18(20)19-14-16(22)10-13-21(19)23/h3-4,6-14H,2,5H2,1H3. The van der Waals surface area contributed by atoms with Gasteiger partial charge in [0.1, 0.15) is 0 Å². The van der Waals surface area contributed by atoms with Gasteiger partial charge in [-0.3, -0.25) is 0 Å². The molecule has 2 heteroatoms. The van der Waals surface area contributed by atoms with Crippen molar-refractivity contribution in [2.24, 2.45) is 0 Å². The maximum atomic E-state index is 3.60. The monoisotopic (exact) mass is 363 g/mol. The van der Waals surface area contributed by atoms with E-state index in [9.17, 15) is 0 Å². The summed E-state index contributed by atoms with van der Waals surface area (Å²) in [6, 6.07) is 24.1. The van der Waals surface area contributed by atoms with Crippen LogP contribution >= 0.6 is 15.9 Å². The third-order valence-corrected chi connectivity index (χ3v) is 4.86. The fourth-order valence-electron chi connectivity index (χ4n) is 3.32. The summed E-state index contributed by atoms with van der Waals surface area (Å²) in [5, 5.41) is 2.58. The highest BCUT2D eigenvalue weighted by Crippen LogP contribution is 2.33. The molecule has 0 saturated carbocycles. The Bertz CT molecular complexity index is 980. The molecular formula is C21H18BrN. The lowest BCUT2D eigenvalue weighted by atomic mass is 10.1. The van der Waals surface area contributed by atoms with Gasteiger partial charge in [-0.2, -0.15) is 0 Å². The molecule has 4 aromatic rings. The lowest BCUT2D eigenvalue weighted by Gasteiger charge is -2.09. The second-order valence-electron chi connectivity index (χ2n) is 5.93. The largest absolute Gasteiger partial charge is 0.309 e. The smallest absolute Gasteiger partial charge is 0.0541 e. The van der Waals surface area contributed by atoms with Gasteiger partial charge < -0.3 is 4.57 Å². The Morgan fingerprint density at radius 2 is 1.57 bits per heavy atom. The van der Waals surface area contributed by atoms with Crippen LogP contribution in [0.2, 0.25) is 0 Å². The van der Waals surface area contributed by atoms with Gasteiger partial charge in [0.2, 0.25) is 0 Å². The van der Waals surface area contributed by atoms with Gasteiger partial charge in [-0.05, 0) is 48.4 Å². The number of fused-ring (bicyclic) bond motifs is 3. The predicted molar refractivity (Wildman–Crippen MR) is 102 cm³/mol. The van der Waals surface area contributed by atoms with Gasteiger partial charge in [0.15, 0.2) is 0 Å². The number of halogens is 1. The van der Waals surface area contributed by atoms with Crippen molar-refractivity contribution in [2.45, 2.75) is 19.8 Å². The van der Waals surface area contributed by atoms with E-state index in [2.05, 4.69) is 94.2 Å². The summed E-state index contributed by atoms with van der Waals surface area (Å²) >= 11 is 3.60. The zero-order valence-corrected chi connectivity index (χ0v) is 14.7. The van der Waals surface area contributed by atoms with E-state index in [-0.39, 0.29) is 0 Å². The fourth-order valence-corrected chi connectivity index (χ4v) is 3.68. The highest BCUT2D eigenvalue weighted by Gasteiger charge is 2.11. The Hall–Kier alpha value is -2.06. The van der Waals surface area contributed by atoms with Crippen molar-refractivity contribution < 1.29 is 0 Å². The molecule has 0 aliphatic heterocycles. The van der Waals surface area contributed by atoms with E-state index < -0.39 is 0 Å². The minimum atomic E-state index is 1.12. The number of hydrogen-bond acceptors (Lipinski definition) is 0. The molecular weight excluding hydrogens is 346 g/mol. The molecule has 0 radical (unpaired) electrons. The Balaban J connectivity index is 2.00. The molecule has 4 rings (SSSR count). The van der Waals surface area contributed by atoms with Gasteiger partial charge in [-0.15, -0.1) is 0 Å². The molecule has 1 heterocycles. The second kappa shape index (κ2) is 5.86. The summed E-state index contributed by atoms with van der Waals surface area (Å²) in [5.74, 6) is 0. The van der Waals surface area contributed by atoms with E-state index >= 15 is 0 Å². The van der Waals surface area contributed by atoms with E-state index in [1.807, 2.05) is 0 Å². The van der Waals surface area contributed by atoms with Crippen molar-refractivity contribution in [3.05, 3.63) is 76.8 Å². The molecule has 114 valence electrons. The minimum absolute atomic E-state index is 1.12. The van der Waals surface area contributed by atoms with Crippen LogP contribution in [-0.2, 0) is 6.42 Å². The molecule has 3 aromatic carbocycles. The number of hydrogen-bond donors (Lipinski definition) is 0. The van der Waals surface area contributed by atoms with Gasteiger partial charge in [-0.1, -0.05) is 59.6 Å². The number of aryl methyl sites for hydroxylation is 1. The summed E-state index contributed by atoms with van der Waals surface area (Å²) in [5.41, 5.74) is 5.12. The van der Waals surface area contributed by atoms with Crippen LogP contribution in [0.5, 0.6) is 0 Å². The van der Waals surface area contributed by atoms with E-state index in [1.54, 1.807) is 0 Å². The molecule has 0 N–H and O–H groups in total. The molecule has 0 fully saturated rings. The van der Waals surface area contributed by atoms with E-state index in [1.165, 1.54) is 39.5 Å². The lowest BCUT2D eigenvalue weighted by molar-refractivity contribution is 0.921. The second-order valence-corrected chi connectivity index (χ2v) is 6.85. The summed E-state index contributed by atoms with van der Waals surface area (Å²) < 4.78 is 3.47. The number of rotatable bonds is 3. The molecule has 0 bridgehead atoms. The summed E-state index contributed by atoms with van der Waals surface area (Å²) in [6.45, 7) is 2.22. The zero-order chi connectivity index (χ0) is 15.8. The first-order valence-electron chi connectivity index (χ1n) is 8.06. The molecule has 1 aromatic heterocycles. The maximum Gasteiger partial charge on any atom is 0.0541 e. The number of aromatic nitrogens is 1. The van der Waals surface area contributed by atoms with Gasteiger partial charge in [0, 0.05) is 20.9 Å². The van der Waals surface area contributed by atoms with Crippen molar-refractivity contribution in [3.8, 4) is 5.69 Å². The van der Waals surface area contributed by atoms with Crippen molar-refractivity contribution in [1.82, 2.24) is 4.57 Å². The van der Waals surface area contributed by atoms with Crippen molar-refractivity contribution in [1.29, 1.82) is 0 Å². The van der Waals surface area contributed by atoms with Crippen LogP contribution < -0.4 is 0 Å². The zero-order valence-electron chi connectivity index (χ0n) is 13.1. The fraction of sp³-hybridized carbons (Fsp3) is 0.143. The molecule has 23 heavy (non-hydrogen) atoms. The van der Waals surface area contributed by atoms with E-state index in [0.717, 1.165) is 10.9 Å². The first-order valence-corrected chi connectivity index (χ1v) is 8.85. The first kappa shape index (κ1) is 14.5. The molecule has 0 aliphatic carbocycles. The van der Waals surface area contributed by atoms with Gasteiger partial charge in [-0.25, -0.2) is 0 Å². The molecule has 0 atom stereocenters. The van der Waals surface area contributed by atoms with Crippen LogP contribution in [0.1, 0.15) is 18.9 Å². The van der Waals surface area contributed by atoms with Gasteiger partial charge in [0.25, 0.3) is 0 Å². The van der Waals surface area contributed by atoms with Crippen LogP contribution in [0.25, 0.3) is 27.5 Å². The summed E-state index contributed by atoms with van der Waals surface area (Å²) in [7, 11) is 0. The molecule has 0 amide bonds. The lowest BCUT2D eigenvalue weighted by Crippen LogP contribution is -1.94. The van der Waals surface area contributed by atoms with Crippen molar-refractivity contribution >= 4 is 37.7 Å². The average Bonchev–Trinajstić information content (AvgIpc) is 2.90. The van der Waals surface area contributed by atoms with Crippen LogP contribution in [0.3, 0.4) is 0 Å². The Kier molecular flexibility index (Phi) is 3.70. The molecule has 0 unspecified atom stereocenters. The Morgan fingerprint density at radius 3 is 2.35 bits per heavy atom. The topological polar surface area (TPSA) is 4.93 Å². The number of benzene rings is 3. The number of nitrogens with zero attached hydrogens (tertiary/aromatic N) is 1. The highest BCUT2D eigenvalue weighted by molar-refractivity contribution is 9.10. The molecule has 0 saturated heterocycles. The van der Waals surface area contributed by atoms with E-state index in [4.69, 9.17) is 0 Å². The summed E-state index contributed by atoms with van der Waals surface area (Å²) in [6.07, 6.45) is 2.32. The Labute approximate surface area is 144 Å². The predicted octanol–water partition coefficient (Wildman–Crippen LogP) is 6.50. The first-order chi connectivity index (χ1) is 11.3. The van der Waals surface area contributed by atoms with E-state index in [0.29, 0.717) is 0 Å². The normalized spacial score (nSPS) is 11.4. The van der Waals surface area contributed by atoms with Crippen LogP contribution in [0.4, 0.5) is 0 Å². The minimum Gasteiger partial charge on any atom is -0.309 e. The van der Waals surface area contributed by atoms with Crippen LogP contribution in [0.15, 0.2) is 71.2 Å². The third-order valence-electron chi connectivity index (χ3n) is 4.37. The molecule has 0 spiro atoms. The van der Waals surface area contributed by atoms with Crippen molar-refractivity contribution in [2.75, 3.05) is 0 Å². The number of para-hydroxylation sites is 1. The maximum absolute atomic E-state index is 3.60. The third kappa shape index (κ3) is 2.47. The van der Waals surface area contributed by atoms with Crippen molar-refractivity contribution in [3.63, 3.8) is 0 Å². The Morgan fingerprint density at radius 1 is 0.826 bits per heavy atom. The van der Waals surface area contributed by atoms with Gasteiger partial charge in [0.05, 0.1) is 11.0 Å². The SMILES string of the molecule is CCCc1ccc(-n2c3ccccc3c3cc(Br)ccc32)cc1. The quantitative estimate of drug-likeness (QED) is 0.391. The average molecular weight is 364 g/mol. The van der Waals surface area contributed by atoms with Crippen LogP contribution in [-0.4, -0.2) is 4.57 Å². The highest BCUT2D eigenvalue weighted by atomic mass is 79.9. The molecule has 1 nitrogen and oxygen atoms in total.